The summed E-state index contributed by atoms with van der Waals surface area (Å²) >= 11 is 6.11. The van der Waals surface area contributed by atoms with Gasteiger partial charge in [0, 0.05) is 36.2 Å². The van der Waals surface area contributed by atoms with Gasteiger partial charge >= 0.3 is 0 Å². The molecule has 5 aromatic heterocycles. The molecule has 5 heterocycles. The number of hydrogen-bond donors (Lipinski definition) is 0. The molecule has 1 aliphatic carbocycles. The molecule has 166 valence electrons. The largest absolute Gasteiger partial charge is 0.306 e. The van der Waals surface area contributed by atoms with E-state index in [-0.39, 0.29) is 5.78 Å². The number of aryl methyl sites for hydroxylation is 1. The lowest BCUT2D eigenvalue weighted by Crippen LogP contribution is -2.01. The first-order valence-electron chi connectivity index (χ1n) is 11.3. The van der Waals surface area contributed by atoms with Gasteiger partial charge in [0.15, 0.2) is 5.78 Å². The second-order valence-corrected chi connectivity index (χ2v) is 9.20. The molecule has 5 aromatic rings. The molecule has 1 fully saturated rings. The van der Waals surface area contributed by atoms with Crippen molar-refractivity contribution in [2.24, 2.45) is 0 Å². The van der Waals surface area contributed by atoms with Crippen molar-refractivity contribution in [1.29, 1.82) is 0 Å². The lowest BCUT2D eigenvalue weighted by molar-refractivity contribution is 0.0980. The van der Waals surface area contributed by atoms with Crippen molar-refractivity contribution in [1.82, 2.24) is 28.5 Å². The van der Waals surface area contributed by atoms with Gasteiger partial charge in [-0.25, -0.2) is 9.97 Å². The number of nitrogens with zero attached hydrogens (tertiary/aromatic N) is 6. The first-order chi connectivity index (χ1) is 16.1. The maximum Gasteiger partial charge on any atom is 0.166 e. The second-order valence-electron chi connectivity index (χ2n) is 8.77. The number of carbonyl (C=O) groups is 1. The van der Waals surface area contributed by atoms with E-state index in [1.165, 1.54) is 18.4 Å². The van der Waals surface area contributed by atoms with E-state index in [9.17, 15) is 4.79 Å². The monoisotopic (exact) mass is 458 g/mol. The highest BCUT2D eigenvalue weighted by atomic mass is 35.5. The summed E-state index contributed by atoms with van der Waals surface area (Å²) in [5.41, 5.74) is 5.82. The van der Waals surface area contributed by atoms with E-state index >= 15 is 0 Å². The number of hydrogen-bond acceptors (Lipinski definition) is 4. The van der Waals surface area contributed by atoms with Crippen LogP contribution in [0.5, 0.6) is 0 Å². The highest BCUT2D eigenvalue weighted by Crippen LogP contribution is 2.39. The number of rotatable bonds is 8. The minimum Gasteiger partial charge on any atom is -0.306 e. The molecule has 0 unspecified atom stereocenters. The smallest absolute Gasteiger partial charge is 0.166 e. The van der Waals surface area contributed by atoms with Gasteiger partial charge in [0.2, 0.25) is 0 Å². The predicted molar refractivity (Wildman–Crippen MR) is 126 cm³/mol. The van der Waals surface area contributed by atoms with Crippen LogP contribution in [-0.2, 0) is 13.0 Å². The Labute approximate surface area is 195 Å². The number of pyridine rings is 2. The van der Waals surface area contributed by atoms with Gasteiger partial charge in [-0.1, -0.05) is 17.7 Å². The molecule has 0 atom stereocenters. The molecule has 8 heteroatoms. The van der Waals surface area contributed by atoms with E-state index in [1.54, 1.807) is 17.2 Å². The Morgan fingerprint density at radius 1 is 1.12 bits per heavy atom. The molecule has 0 aliphatic heterocycles. The fourth-order valence-electron chi connectivity index (χ4n) is 4.33. The fraction of sp³-hybridized carbons (Fsp3) is 0.280. The standard InChI is InChI=1S/C25H23ClN6O/c26-20-8-9-30-16-27-22(23(30)10-20)2-1-3-24(33)19-11-28-32(13-19)15-21-14-31-12-18(17-4-5-17)6-7-25(31)29-21/h6-14,16-17H,1-5,15H2. The van der Waals surface area contributed by atoms with Crippen molar-refractivity contribution in [3.05, 3.63) is 89.1 Å². The Morgan fingerprint density at radius 3 is 2.91 bits per heavy atom. The lowest BCUT2D eigenvalue weighted by atomic mass is 10.1. The summed E-state index contributed by atoms with van der Waals surface area (Å²) in [6, 6.07) is 7.99. The highest BCUT2D eigenvalue weighted by molar-refractivity contribution is 6.30. The lowest BCUT2D eigenvalue weighted by Gasteiger charge is -2.00. The van der Waals surface area contributed by atoms with Crippen LogP contribution in [0, 0.1) is 0 Å². The van der Waals surface area contributed by atoms with E-state index in [4.69, 9.17) is 16.6 Å². The predicted octanol–water partition coefficient (Wildman–Crippen LogP) is 4.96. The van der Waals surface area contributed by atoms with Crippen LogP contribution < -0.4 is 0 Å². The molecule has 7 nitrogen and oxygen atoms in total. The van der Waals surface area contributed by atoms with Crippen LogP contribution in [0.1, 0.15) is 58.9 Å². The molecule has 33 heavy (non-hydrogen) atoms. The van der Waals surface area contributed by atoms with Gasteiger partial charge in [-0.3, -0.25) is 9.48 Å². The first-order valence-corrected chi connectivity index (χ1v) is 11.6. The van der Waals surface area contributed by atoms with Crippen LogP contribution in [0.3, 0.4) is 0 Å². The fourth-order valence-corrected chi connectivity index (χ4v) is 4.49. The average Bonchev–Trinajstić information content (AvgIpc) is 3.23. The third-order valence-corrected chi connectivity index (χ3v) is 6.49. The molecular weight excluding hydrogens is 436 g/mol. The molecule has 1 aliphatic rings. The molecular formula is C25H23ClN6O. The Hall–Kier alpha value is -3.45. The van der Waals surface area contributed by atoms with Crippen LogP contribution in [-0.4, -0.2) is 34.3 Å². The van der Waals surface area contributed by atoms with Gasteiger partial charge in [0.25, 0.3) is 0 Å². The van der Waals surface area contributed by atoms with Crippen LogP contribution >= 0.6 is 11.6 Å². The van der Waals surface area contributed by atoms with Gasteiger partial charge in [-0.05, 0) is 55.4 Å². The summed E-state index contributed by atoms with van der Waals surface area (Å²) in [5, 5.41) is 5.07. The van der Waals surface area contributed by atoms with Crippen LogP contribution in [0.2, 0.25) is 5.02 Å². The Kier molecular flexibility index (Phi) is 4.99. The van der Waals surface area contributed by atoms with Crippen molar-refractivity contribution in [3.63, 3.8) is 0 Å². The Balaban J connectivity index is 1.08. The van der Waals surface area contributed by atoms with Crippen molar-refractivity contribution in [2.45, 2.75) is 44.6 Å². The summed E-state index contributed by atoms with van der Waals surface area (Å²) in [7, 11) is 0. The Bertz CT molecular complexity index is 1470. The van der Waals surface area contributed by atoms with E-state index in [0.29, 0.717) is 29.5 Å². The SMILES string of the molecule is O=C(CCCc1ncn2ccc(Cl)cc12)c1cnn(Cc2cn3cc(C4CC4)ccc3n2)c1. The minimum atomic E-state index is 0.0897. The molecule has 0 amide bonds. The third kappa shape index (κ3) is 4.16. The summed E-state index contributed by atoms with van der Waals surface area (Å²) in [5.74, 6) is 0.803. The summed E-state index contributed by atoms with van der Waals surface area (Å²) < 4.78 is 5.81. The maximum atomic E-state index is 12.7. The molecule has 0 saturated heterocycles. The summed E-state index contributed by atoms with van der Waals surface area (Å²) in [6.45, 7) is 0.537. The molecule has 0 spiro atoms. The van der Waals surface area contributed by atoms with E-state index in [2.05, 4.69) is 32.8 Å². The van der Waals surface area contributed by atoms with Crippen molar-refractivity contribution in [2.75, 3.05) is 0 Å². The molecule has 0 bridgehead atoms. The van der Waals surface area contributed by atoms with Gasteiger partial charge in [-0.2, -0.15) is 5.10 Å². The molecule has 0 N–H and O–H groups in total. The van der Waals surface area contributed by atoms with Gasteiger partial charge < -0.3 is 8.80 Å². The van der Waals surface area contributed by atoms with E-state index in [0.717, 1.165) is 35.4 Å². The molecule has 6 rings (SSSR count). The average molecular weight is 459 g/mol. The highest BCUT2D eigenvalue weighted by Gasteiger charge is 2.23. The topological polar surface area (TPSA) is 69.5 Å². The normalized spacial score (nSPS) is 13.8. The molecule has 1 saturated carbocycles. The van der Waals surface area contributed by atoms with E-state index < -0.39 is 0 Å². The zero-order valence-corrected chi connectivity index (χ0v) is 18.8. The van der Waals surface area contributed by atoms with Gasteiger partial charge in [0.05, 0.1) is 41.5 Å². The second kappa shape index (κ2) is 8.15. The summed E-state index contributed by atoms with van der Waals surface area (Å²) in [6.07, 6.45) is 15.8. The molecule has 0 aromatic carbocycles. The number of fused-ring (bicyclic) bond motifs is 2. The van der Waals surface area contributed by atoms with Crippen LogP contribution in [0.15, 0.2) is 61.6 Å². The van der Waals surface area contributed by atoms with Crippen molar-refractivity contribution < 1.29 is 4.79 Å². The maximum absolute atomic E-state index is 12.7. The third-order valence-electron chi connectivity index (χ3n) is 6.25. The Morgan fingerprint density at radius 2 is 2.03 bits per heavy atom. The zero-order valence-electron chi connectivity index (χ0n) is 18.1. The zero-order chi connectivity index (χ0) is 22.4. The van der Waals surface area contributed by atoms with Crippen LogP contribution in [0.25, 0.3) is 11.2 Å². The number of carbonyl (C=O) groups excluding carboxylic acids is 1. The first kappa shape index (κ1) is 20.2. The van der Waals surface area contributed by atoms with E-state index in [1.807, 2.05) is 35.1 Å². The molecule has 0 radical (unpaired) electrons. The number of imidazole rings is 2. The number of aromatic nitrogens is 6. The van der Waals surface area contributed by atoms with Crippen molar-refractivity contribution >= 4 is 28.5 Å². The van der Waals surface area contributed by atoms with Crippen molar-refractivity contribution in [3.8, 4) is 0 Å². The summed E-state index contributed by atoms with van der Waals surface area (Å²) in [4.78, 5) is 21.8. The number of halogens is 1. The number of ketones is 1. The quantitative estimate of drug-likeness (QED) is 0.308. The van der Waals surface area contributed by atoms with Crippen LogP contribution in [0.4, 0.5) is 0 Å². The van der Waals surface area contributed by atoms with Gasteiger partial charge in [-0.15, -0.1) is 0 Å². The number of Topliss-reactive ketones (excluding diaryl/α,β-unsaturated/α-hetero) is 1. The van der Waals surface area contributed by atoms with Gasteiger partial charge in [0.1, 0.15) is 5.65 Å². The minimum absolute atomic E-state index is 0.0897.